The first-order valence-corrected chi connectivity index (χ1v) is 7.91. The molecule has 2 N–H and O–H groups in total. The molecule has 5 heteroatoms. The van der Waals surface area contributed by atoms with Crippen LogP contribution in [0.3, 0.4) is 0 Å². The number of fused-ring (bicyclic) bond motifs is 1. The quantitative estimate of drug-likeness (QED) is 0.903. The number of nitrogens with one attached hydrogen (secondary N) is 1. The standard InChI is InChI=1S/C16H18N2O2S/c1-9-3-5-11(6-4-9)10(2)17-16-18-14-12(15(19)20)7-8-13(14)21-16/h3-6,10,12H,7-8H2,1-2H3,(H,17,18)(H,19,20). The number of carbonyl (C=O) groups is 1. The van der Waals surface area contributed by atoms with E-state index in [1.165, 1.54) is 11.1 Å². The summed E-state index contributed by atoms with van der Waals surface area (Å²) in [6.45, 7) is 4.16. The Kier molecular flexibility index (Phi) is 3.68. The van der Waals surface area contributed by atoms with Crippen molar-refractivity contribution in [3.05, 3.63) is 46.0 Å². The second kappa shape index (κ2) is 5.48. The molecule has 0 aliphatic heterocycles. The molecule has 0 amide bonds. The highest BCUT2D eigenvalue weighted by molar-refractivity contribution is 7.15. The van der Waals surface area contributed by atoms with E-state index in [1.54, 1.807) is 11.3 Å². The van der Waals surface area contributed by atoms with Crippen molar-refractivity contribution in [3.63, 3.8) is 0 Å². The Morgan fingerprint density at radius 1 is 1.43 bits per heavy atom. The number of hydrogen-bond donors (Lipinski definition) is 2. The zero-order chi connectivity index (χ0) is 15.0. The van der Waals surface area contributed by atoms with E-state index in [9.17, 15) is 9.90 Å². The molecule has 0 radical (unpaired) electrons. The summed E-state index contributed by atoms with van der Waals surface area (Å²) in [6, 6.07) is 8.55. The zero-order valence-electron chi connectivity index (χ0n) is 12.1. The van der Waals surface area contributed by atoms with E-state index in [4.69, 9.17) is 0 Å². The summed E-state index contributed by atoms with van der Waals surface area (Å²) in [5, 5.41) is 13.4. The van der Waals surface area contributed by atoms with E-state index in [0.717, 1.165) is 22.1 Å². The second-order valence-electron chi connectivity index (χ2n) is 5.53. The smallest absolute Gasteiger partial charge is 0.312 e. The average Bonchev–Trinajstić information content (AvgIpc) is 2.98. The molecule has 0 spiro atoms. The minimum absolute atomic E-state index is 0.153. The summed E-state index contributed by atoms with van der Waals surface area (Å²) in [5.74, 6) is -1.20. The number of aliphatic carboxylic acids is 1. The summed E-state index contributed by atoms with van der Waals surface area (Å²) in [5.41, 5.74) is 3.19. The molecule has 1 aliphatic carbocycles. The Balaban J connectivity index is 1.76. The monoisotopic (exact) mass is 302 g/mol. The van der Waals surface area contributed by atoms with Gasteiger partial charge in [-0.25, -0.2) is 4.98 Å². The topological polar surface area (TPSA) is 62.2 Å². The number of anilines is 1. The van der Waals surface area contributed by atoms with Crippen molar-refractivity contribution in [2.45, 2.75) is 38.6 Å². The molecule has 3 rings (SSSR count). The molecule has 21 heavy (non-hydrogen) atoms. The van der Waals surface area contributed by atoms with Gasteiger partial charge < -0.3 is 10.4 Å². The van der Waals surface area contributed by atoms with Crippen LogP contribution < -0.4 is 5.32 Å². The molecule has 4 nitrogen and oxygen atoms in total. The van der Waals surface area contributed by atoms with Crippen LogP contribution in [-0.4, -0.2) is 16.1 Å². The van der Waals surface area contributed by atoms with E-state index in [-0.39, 0.29) is 6.04 Å². The maximum atomic E-state index is 11.2. The summed E-state index contributed by atoms with van der Waals surface area (Å²) >= 11 is 1.58. The third kappa shape index (κ3) is 2.78. The van der Waals surface area contributed by atoms with Gasteiger partial charge in [0.05, 0.1) is 11.7 Å². The molecule has 1 aromatic heterocycles. The summed E-state index contributed by atoms with van der Waals surface area (Å²) in [6.07, 6.45) is 1.50. The molecular formula is C16H18N2O2S. The molecule has 1 aromatic carbocycles. The molecule has 110 valence electrons. The fourth-order valence-corrected chi connectivity index (χ4v) is 3.78. The van der Waals surface area contributed by atoms with Gasteiger partial charge in [0.1, 0.15) is 5.92 Å². The minimum Gasteiger partial charge on any atom is -0.481 e. The highest BCUT2D eigenvalue weighted by atomic mass is 32.1. The number of benzene rings is 1. The fourth-order valence-electron chi connectivity index (χ4n) is 2.65. The van der Waals surface area contributed by atoms with E-state index in [2.05, 4.69) is 48.4 Å². The van der Waals surface area contributed by atoms with E-state index in [0.29, 0.717) is 6.42 Å². The van der Waals surface area contributed by atoms with Gasteiger partial charge in [-0.1, -0.05) is 29.8 Å². The van der Waals surface area contributed by atoms with Gasteiger partial charge in [0, 0.05) is 4.88 Å². The normalized spacial score (nSPS) is 18.3. The van der Waals surface area contributed by atoms with Crippen molar-refractivity contribution < 1.29 is 9.90 Å². The lowest BCUT2D eigenvalue weighted by molar-refractivity contribution is -0.138. The summed E-state index contributed by atoms with van der Waals surface area (Å²) in [7, 11) is 0. The van der Waals surface area contributed by atoms with Crippen LogP contribution in [0.25, 0.3) is 0 Å². The van der Waals surface area contributed by atoms with Gasteiger partial charge in [-0.05, 0) is 32.3 Å². The Hall–Kier alpha value is -1.88. The summed E-state index contributed by atoms with van der Waals surface area (Å²) in [4.78, 5) is 16.8. The molecule has 0 saturated carbocycles. The van der Waals surface area contributed by atoms with Crippen LogP contribution in [0.1, 0.15) is 47.0 Å². The third-order valence-corrected chi connectivity index (χ3v) is 5.00. The van der Waals surface area contributed by atoms with Crippen molar-refractivity contribution in [2.75, 3.05) is 5.32 Å². The van der Waals surface area contributed by atoms with Crippen molar-refractivity contribution in [2.24, 2.45) is 0 Å². The molecule has 2 atom stereocenters. The Labute approximate surface area is 127 Å². The van der Waals surface area contributed by atoms with Gasteiger partial charge in [0.15, 0.2) is 5.13 Å². The molecule has 0 saturated heterocycles. The van der Waals surface area contributed by atoms with E-state index >= 15 is 0 Å². The lowest BCUT2D eigenvalue weighted by Gasteiger charge is -2.13. The van der Waals surface area contributed by atoms with Gasteiger partial charge in [-0.3, -0.25) is 4.79 Å². The molecular weight excluding hydrogens is 284 g/mol. The van der Waals surface area contributed by atoms with Gasteiger partial charge in [0.25, 0.3) is 0 Å². The van der Waals surface area contributed by atoms with E-state index < -0.39 is 11.9 Å². The molecule has 2 unspecified atom stereocenters. The number of aryl methyl sites for hydroxylation is 2. The molecule has 2 aromatic rings. The second-order valence-corrected chi connectivity index (χ2v) is 6.62. The number of aromatic nitrogens is 1. The van der Waals surface area contributed by atoms with Gasteiger partial charge in [0.2, 0.25) is 0 Å². The predicted molar refractivity (Wildman–Crippen MR) is 84.0 cm³/mol. The number of nitrogens with zero attached hydrogens (tertiary/aromatic N) is 1. The van der Waals surface area contributed by atoms with Gasteiger partial charge in [-0.2, -0.15) is 0 Å². The zero-order valence-corrected chi connectivity index (χ0v) is 12.9. The van der Waals surface area contributed by atoms with Crippen LogP contribution in [0, 0.1) is 6.92 Å². The predicted octanol–water partition coefficient (Wildman–Crippen LogP) is 3.74. The lowest BCUT2D eigenvalue weighted by Crippen LogP contribution is -2.10. The van der Waals surface area contributed by atoms with Crippen LogP contribution in [0.15, 0.2) is 24.3 Å². The SMILES string of the molecule is Cc1ccc(C(C)Nc2nc3c(s2)CCC3C(=O)O)cc1. The summed E-state index contributed by atoms with van der Waals surface area (Å²) < 4.78 is 0. The van der Waals surface area contributed by atoms with Crippen LogP contribution in [-0.2, 0) is 11.2 Å². The highest BCUT2D eigenvalue weighted by Gasteiger charge is 2.32. The van der Waals surface area contributed by atoms with Gasteiger partial charge in [-0.15, -0.1) is 11.3 Å². The van der Waals surface area contributed by atoms with E-state index in [1.807, 2.05) is 0 Å². The molecule has 1 aliphatic rings. The number of carboxylic acids is 1. The maximum absolute atomic E-state index is 11.2. The Morgan fingerprint density at radius 3 is 2.81 bits per heavy atom. The minimum atomic E-state index is -0.766. The first-order valence-electron chi connectivity index (χ1n) is 7.10. The molecule has 0 bridgehead atoms. The number of rotatable bonds is 4. The van der Waals surface area contributed by atoms with Crippen molar-refractivity contribution >= 4 is 22.4 Å². The Bertz CT molecular complexity index is 663. The number of thiazole rings is 1. The van der Waals surface area contributed by atoms with Crippen molar-refractivity contribution in [1.82, 2.24) is 4.98 Å². The fraction of sp³-hybridized carbons (Fsp3) is 0.375. The lowest BCUT2D eigenvalue weighted by atomic mass is 10.1. The first-order chi connectivity index (χ1) is 10.0. The Morgan fingerprint density at radius 2 is 2.14 bits per heavy atom. The highest BCUT2D eigenvalue weighted by Crippen LogP contribution is 2.39. The van der Waals surface area contributed by atoms with Crippen LogP contribution in [0.4, 0.5) is 5.13 Å². The van der Waals surface area contributed by atoms with Crippen molar-refractivity contribution in [3.8, 4) is 0 Å². The molecule has 1 heterocycles. The van der Waals surface area contributed by atoms with Crippen LogP contribution >= 0.6 is 11.3 Å². The number of hydrogen-bond acceptors (Lipinski definition) is 4. The number of carboxylic acid groups (broad SMARTS) is 1. The molecule has 0 fully saturated rings. The van der Waals surface area contributed by atoms with Crippen molar-refractivity contribution in [1.29, 1.82) is 0 Å². The average molecular weight is 302 g/mol. The maximum Gasteiger partial charge on any atom is 0.312 e. The van der Waals surface area contributed by atoms with Crippen LogP contribution in [0.5, 0.6) is 0 Å². The third-order valence-electron chi connectivity index (χ3n) is 3.93. The van der Waals surface area contributed by atoms with Gasteiger partial charge >= 0.3 is 5.97 Å². The first kappa shape index (κ1) is 14.1. The largest absolute Gasteiger partial charge is 0.481 e. The van der Waals surface area contributed by atoms with Crippen LogP contribution in [0.2, 0.25) is 0 Å².